The second-order valence-corrected chi connectivity index (χ2v) is 33.7. The predicted octanol–water partition coefficient (Wildman–Crippen LogP) is 12.4. The van der Waals surface area contributed by atoms with Gasteiger partial charge in [0.1, 0.15) is 23.1 Å². The summed E-state index contributed by atoms with van der Waals surface area (Å²) in [5.74, 6) is 4.19. The van der Waals surface area contributed by atoms with Gasteiger partial charge in [0.25, 0.3) is 16.7 Å². The summed E-state index contributed by atoms with van der Waals surface area (Å²) in [6.45, 7) is 38.6. The topological polar surface area (TPSA) is 246 Å². The summed E-state index contributed by atoms with van der Waals surface area (Å²) < 4.78 is 46.7. The molecular weight excluding hydrogens is 1400 g/mol. The van der Waals surface area contributed by atoms with Gasteiger partial charge in [0.15, 0.2) is 11.4 Å². The molecule has 106 heavy (non-hydrogen) atoms. The first kappa shape index (κ1) is 78.2. The number of aromatic nitrogens is 10. The normalized spacial score (nSPS) is 20.3. The molecule has 6 saturated heterocycles. The third kappa shape index (κ3) is 16.9. The third-order valence-electron chi connectivity index (χ3n) is 23.0. The molecule has 0 atom stereocenters. The van der Waals surface area contributed by atoms with Crippen molar-refractivity contribution in [3.63, 3.8) is 0 Å². The Morgan fingerprint density at radius 1 is 0.443 bits per heavy atom. The summed E-state index contributed by atoms with van der Waals surface area (Å²) in [5.41, 5.74) is 8.65. The SMILES string of the molecule is CC1(C)OB(B2OC(C)(C)C(C)(C)O2)OC1(C)C.CN1CCC(c2nc3ccc(B4OC(C)(C)C(C)(C)O4)cc3c(=O)[nH]2)CC1.COc1cc(-c2ccc3nc(C4CCN(C)CC4)[nH]c(=O)c3c2)cn2cc(C)nc12.Cc1ccc2nc(C3CCN(C)CC3)[nH]c(=O)c2c1.Cc1cn2cc(Br)cc(C)c2n1. The first-order valence-corrected chi connectivity index (χ1v) is 38.0. The van der Waals surface area contributed by atoms with Crippen molar-refractivity contribution in [2.45, 2.75) is 201 Å². The Kier molecular flexibility index (Phi) is 22.5. The van der Waals surface area contributed by atoms with Gasteiger partial charge in [0.2, 0.25) is 0 Å². The lowest BCUT2D eigenvalue weighted by molar-refractivity contribution is 0.00578. The minimum atomic E-state index is -0.479. The minimum absolute atomic E-state index is 0.0115. The molecule has 7 aromatic heterocycles. The highest BCUT2D eigenvalue weighted by Gasteiger charge is 2.64. The first-order chi connectivity index (χ1) is 49.8. The monoisotopic (exact) mass is 1510 g/mol. The van der Waals surface area contributed by atoms with E-state index in [4.69, 9.17) is 42.6 Å². The summed E-state index contributed by atoms with van der Waals surface area (Å²) >= 11 is 3.44. The molecule has 27 heteroatoms. The minimum Gasteiger partial charge on any atom is -0.493 e. The van der Waals surface area contributed by atoms with Crippen molar-refractivity contribution >= 4 is 86.5 Å². The Labute approximate surface area is 631 Å². The summed E-state index contributed by atoms with van der Waals surface area (Å²) in [6.07, 6.45) is 14.2. The van der Waals surface area contributed by atoms with E-state index < -0.39 is 32.3 Å². The lowest BCUT2D eigenvalue weighted by atomic mass is 9.49. The van der Waals surface area contributed by atoms with Crippen molar-refractivity contribution in [1.29, 1.82) is 0 Å². The maximum Gasteiger partial charge on any atom is 0.494 e. The average Bonchev–Trinajstić information content (AvgIpc) is 1.55. The number of methoxy groups -OCH3 is 1. The summed E-state index contributed by atoms with van der Waals surface area (Å²) in [6, 6.07) is 21.4. The number of hydrogen-bond donors (Lipinski definition) is 3. The number of nitrogens with zero attached hydrogens (tertiary/aromatic N) is 10. The second-order valence-electron chi connectivity index (χ2n) is 32.8. The van der Waals surface area contributed by atoms with E-state index in [1.807, 2.05) is 198 Å². The van der Waals surface area contributed by atoms with Crippen LogP contribution >= 0.6 is 15.9 Å². The molecule has 6 aliphatic rings. The predicted molar refractivity (Wildman–Crippen MR) is 426 cm³/mol. The number of pyridine rings is 2. The molecule has 3 aromatic carbocycles. The van der Waals surface area contributed by atoms with Crippen molar-refractivity contribution in [3.8, 4) is 16.9 Å². The maximum absolute atomic E-state index is 12.9. The fourth-order valence-corrected chi connectivity index (χ4v) is 14.7. The number of aromatic amines is 3. The van der Waals surface area contributed by atoms with Gasteiger partial charge >= 0.3 is 21.1 Å². The van der Waals surface area contributed by atoms with Gasteiger partial charge in [0, 0.05) is 52.6 Å². The molecule has 0 spiro atoms. The van der Waals surface area contributed by atoms with Gasteiger partial charge in [-0.3, -0.25) is 14.4 Å². The van der Waals surface area contributed by atoms with Crippen LogP contribution in [0.1, 0.15) is 179 Å². The highest BCUT2D eigenvalue weighted by molar-refractivity contribution is 9.10. The Morgan fingerprint density at radius 3 is 1.25 bits per heavy atom. The number of fused-ring (bicyclic) bond motifs is 5. The Balaban J connectivity index is 0.000000128. The molecule has 0 aliphatic carbocycles. The zero-order valence-electron chi connectivity index (χ0n) is 65.5. The molecule has 562 valence electrons. The Morgan fingerprint density at radius 2 is 0.821 bits per heavy atom. The molecular formula is C79H105B3BrN13O10. The van der Waals surface area contributed by atoms with Crippen LogP contribution in [0.25, 0.3) is 55.1 Å². The highest BCUT2D eigenvalue weighted by atomic mass is 79.9. The second kappa shape index (κ2) is 30.6. The van der Waals surface area contributed by atoms with Crippen molar-refractivity contribution in [3.05, 3.63) is 167 Å². The van der Waals surface area contributed by atoms with Crippen LogP contribution in [0.15, 0.2) is 110 Å². The van der Waals surface area contributed by atoms with Crippen molar-refractivity contribution in [2.75, 3.05) is 67.5 Å². The fourth-order valence-electron chi connectivity index (χ4n) is 14.2. The van der Waals surface area contributed by atoms with E-state index in [0.29, 0.717) is 39.7 Å². The number of benzene rings is 3. The number of H-pyrrole nitrogens is 3. The smallest absolute Gasteiger partial charge is 0.493 e. The van der Waals surface area contributed by atoms with Crippen molar-refractivity contribution in [2.24, 2.45) is 0 Å². The van der Waals surface area contributed by atoms with Gasteiger partial charge in [-0.1, -0.05) is 23.8 Å². The van der Waals surface area contributed by atoms with Gasteiger partial charge < -0.3 is 71.1 Å². The molecule has 3 N–H and O–H groups in total. The number of hydrogen-bond acceptors (Lipinski definition) is 18. The molecule has 23 nitrogen and oxygen atoms in total. The maximum atomic E-state index is 12.9. The molecule has 0 radical (unpaired) electrons. The quantitative estimate of drug-likeness (QED) is 0.126. The molecule has 6 aliphatic heterocycles. The van der Waals surface area contributed by atoms with Gasteiger partial charge in [-0.05, 0) is 291 Å². The van der Waals surface area contributed by atoms with Crippen LogP contribution in [0.4, 0.5) is 0 Å². The van der Waals surface area contributed by atoms with Crippen LogP contribution in [-0.4, -0.2) is 186 Å². The van der Waals surface area contributed by atoms with E-state index in [1.54, 1.807) is 7.11 Å². The standard InChI is InChI=1S/C23H25N5O2.C20H28BN3O3.C15H19N3O.C12H24B2O4.C9H9BrN2/c1-14-12-28-13-17(11-20(30-3)22(28)24-14)16-4-5-19-18(10-16)23(29)26-21(25-19)15-6-8-27(2)9-7-15;1-19(2)20(3,4)27-21(26-19)14-6-7-16-15(12-14)18(25)23-17(22-16)13-8-10-24(5)11-9-13;1-10-3-4-13-12(9-10)15(19)17-14(16-13)11-5-7-18(2)8-6-11;1-9(2)10(3,4)16-13(15-9)14-17-11(5,6)12(7,8)18-14;1-6-3-8(10)5-12-4-7(2)11-9(6)12/h4-5,10-13,15H,6-9H2,1-3H3,(H,25,26,29);6-7,12-13H,8-11H2,1-5H3,(H,22,23,25);3-4,9,11H,5-8H2,1-2H3,(H,16,17,19);1-8H3;3-5H,1-2H3. The van der Waals surface area contributed by atoms with Crippen LogP contribution < -0.4 is 26.9 Å². The highest BCUT2D eigenvalue weighted by Crippen LogP contribution is 2.44. The molecule has 10 aromatic rings. The number of piperidine rings is 3. The van der Waals surface area contributed by atoms with Crippen LogP contribution in [-0.2, 0) is 27.9 Å². The number of rotatable bonds is 7. The van der Waals surface area contributed by atoms with Gasteiger partial charge in [-0.25, -0.2) is 24.9 Å². The van der Waals surface area contributed by atoms with Crippen molar-refractivity contribution in [1.82, 2.24) is 63.4 Å². The Bertz CT molecular complexity index is 4970. The summed E-state index contributed by atoms with van der Waals surface area (Å²) in [5, 5.41) is 1.88. The average molecular weight is 1510 g/mol. The number of nitrogens with one attached hydrogen (secondary N) is 3. The third-order valence-corrected chi connectivity index (χ3v) is 23.4. The number of aryl methyl sites for hydroxylation is 4. The number of ether oxygens (including phenoxy) is 1. The molecule has 0 saturated carbocycles. The van der Waals surface area contributed by atoms with Gasteiger partial charge in [0.05, 0.1) is 84.8 Å². The molecule has 0 unspecified atom stereocenters. The van der Waals surface area contributed by atoms with E-state index in [9.17, 15) is 14.4 Å². The van der Waals surface area contributed by atoms with Crippen LogP contribution in [0.2, 0.25) is 0 Å². The number of likely N-dealkylation sites (tertiary alicyclic amines) is 3. The van der Waals surface area contributed by atoms with Gasteiger partial charge in [-0.2, -0.15) is 0 Å². The lowest BCUT2D eigenvalue weighted by Crippen LogP contribution is -2.41. The molecule has 6 fully saturated rings. The number of halogens is 1. The first-order valence-electron chi connectivity index (χ1n) is 37.2. The van der Waals surface area contributed by atoms with E-state index >= 15 is 0 Å². The fraction of sp³-hybridized carbons (Fsp3) is 0.519. The van der Waals surface area contributed by atoms with Crippen LogP contribution in [0.5, 0.6) is 5.75 Å². The van der Waals surface area contributed by atoms with E-state index in [1.165, 1.54) is 5.56 Å². The van der Waals surface area contributed by atoms with Crippen LogP contribution in [0, 0.1) is 27.7 Å². The molecule has 0 amide bonds. The lowest BCUT2D eigenvalue weighted by Gasteiger charge is -2.32. The van der Waals surface area contributed by atoms with E-state index in [2.05, 4.69) is 94.7 Å². The van der Waals surface area contributed by atoms with Crippen LogP contribution in [0.3, 0.4) is 0 Å². The van der Waals surface area contributed by atoms with Crippen molar-refractivity contribution < 1.29 is 32.7 Å². The largest absolute Gasteiger partial charge is 0.494 e. The summed E-state index contributed by atoms with van der Waals surface area (Å²) in [7, 11) is 6.60. The Hall–Kier alpha value is -7.43. The molecule has 0 bridgehead atoms. The van der Waals surface area contributed by atoms with Gasteiger partial charge in [-0.15, -0.1) is 0 Å². The zero-order chi connectivity index (χ0) is 76.3. The summed E-state index contributed by atoms with van der Waals surface area (Å²) in [4.78, 5) is 76.9. The zero-order valence-corrected chi connectivity index (χ0v) is 67.1. The van der Waals surface area contributed by atoms with E-state index in [-0.39, 0.29) is 39.1 Å². The number of imidazole rings is 2. The van der Waals surface area contributed by atoms with E-state index in [0.717, 1.165) is 161 Å². The molecule has 16 rings (SSSR count). The molecule has 13 heterocycles.